The van der Waals surface area contributed by atoms with Crippen molar-refractivity contribution in [3.8, 4) is 0 Å². The van der Waals surface area contributed by atoms with Crippen LogP contribution in [0.1, 0.15) is 12.5 Å². The number of fused-ring (bicyclic) bond motifs is 1. The molecule has 0 radical (unpaired) electrons. The van der Waals surface area contributed by atoms with E-state index in [-0.39, 0.29) is 0 Å². The second-order valence-corrected chi connectivity index (χ2v) is 5.51. The van der Waals surface area contributed by atoms with E-state index in [1.807, 2.05) is 12.1 Å². The minimum Gasteiger partial charge on any atom is -0.385 e. The van der Waals surface area contributed by atoms with E-state index in [1.54, 1.807) is 18.3 Å². The third-order valence-corrected chi connectivity index (χ3v) is 4.06. The van der Waals surface area contributed by atoms with E-state index < -0.39 is 11.9 Å². The number of hydrogen-bond donors (Lipinski definition) is 1. The molecule has 4 heteroatoms. The van der Waals surface area contributed by atoms with Crippen molar-refractivity contribution in [3.05, 3.63) is 35.2 Å². The summed E-state index contributed by atoms with van der Waals surface area (Å²) in [7, 11) is 3.07. The van der Waals surface area contributed by atoms with Crippen molar-refractivity contribution in [1.82, 2.24) is 0 Å². The molecule has 1 atom stereocenters. The van der Waals surface area contributed by atoms with Crippen LogP contribution in [0.15, 0.2) is 29.6 Å². The topological polar surface area (TPSA) is 38.7 Å². The first-order valence-electron chi connectivity index (χ1n) is 5.81. The fourth-order valence-corrected chi connectivity index (χ4v) is 3.21. The van der Waals surface area contributed by atoms with Crippen LogP contribution in [0.5, 0.6) is 0 Å². The summed E-state index contributed by atoms with van der Waals surface area (Å²) >= 11 is 1.69. The molecule has 1 heterocycles. The van der Waals surface area contributed by atoms with Gasteiger partial charge in [0.2, 0.25) is 0 Å². The Morgan fingerprint density at radius 2 is 1.94 bits per heavy atom. The van der Waals surface area contributed by atoms with Crippen LogP contribution < -0.4 is 0 Å². The summed E-state index contributed by atoms with van der Waals surface area (Å²) in [5.41, 5.74) is 0.0765. The number of aliphatic hydroxyl groups is 1. The van der Waals surface area contributed by atoms with Gasteiger partial charge in [-0.25, -0.2) is 0 Å². The lowest BCUT2D eigenvalue weighted by Gasteiger charge is -2.30. The average Bonchev–Trinajstić information content (AvgIpc) is 2.73. The zero-order chi connectivity index (χ0) is 13.2. The van der Waals surface area contributed by atoms with Crippen LogP contribution >= 0.6 is 11.3 Å². The van der Waals surface area contributed by atoms with E-state index >= 15 is 0 Å². The lowest BCUT2D eigenvalue weighted by molar-refractivity contribution is -0.207. The van der Waals surface area contributed by atoms with Gasteiger partial charge in [0.25, 0.3) is 0 Å². The largest absolute Gasteiger partial charge is 0.385 e. The van der Waals surface area contributed by atoms with Crippen molar-refractivity contribution in [3.63, 3.8) is 0 Å². The zero-order valence-corrected chi connectivity index (χ0v) is 11.7. The van der Waals surface area contributed by atoms with E-state index in [0.29, 0.717) is 6.42 Å². The van der Waals surface area contributed by atoms with E-state index in [2.05, 4.69) is 17.5 Å². The fraction of sp³-hybridized carbons (Fsp3) is 0.429. The Morgan fingerprint density at radius 3 is 2.61 bits per heavy atom. The molecule has 2 rings (SSSR count). The van der Waals surface area contributed by atoms with Crippen LogP contribution in [0.4, 0.5) is 0 Å². The molecule has 3 nitrogen and oxygen atoms in total. The third kappa shape index (κ3) is 2.57. The number of methoxy groups -OCH3 is 2. The maximum atomic E-state index is 10.5. The molecule has 0 aliphatic carbocycles. The van der Waals surface area contributed by atoms with Gasteiger partial charge in [0.15, 0.2) is 6.29 Å². The lowest BCUT2D eigenvalue weighted by Crippen LogP contribution is -2.43. The number of hydrogen-bond acceptors (Lipinski definition) is 4. The lowest BCUT2D eigenvalue weighted by atomic mass is 9.95. The second kappa shape index (κ2) is 5.36. The van der Waals surface area contributed by atoms with Crippen molar-refractivity contribution < 1.29 is 14.6 Å². The van der Waals surface area contributed by atoms with Gasteiger partial charge < -0.3 is 14.6 Å². The molecule has 1 unspecified atom stereocenters. The van der Waals surface area contributed by atoms with E-state index in [1.165, 1.54) is 24.3 Å². The molecule has 0 saturated heterocycles. The van der Waals surface area contributed by atoms with Crippen LogP contribution in [0.3, 0.4) is 0 Å². The quantitative estimate of drug-likeness (QED) is 0.846. The number of rotatable bonds is 5. The van der Waals surface area contributed by atoms with E-state index in [0.717, 1.165) is 5.56 Å². The minimum atomic E-state index is -1.05. The van der Waals surface area contributed by atoms with Crippen LogP contribution in [0.2, 0.25) is 0 Å². The number of benzene rings is 1. The highest BCUT2D eigenvalue weighted by molar-refractivity contribution is 7.17. The van der Waals surface area contributed by atoms with Crippen LogP contribution in [-0.4, -0.2) is 31.2 Å². The van der Waals surface area contributed by atoms with Gasteiger partial charge >= 0.3 is 0 Å². The molecule has 0 saturated carbocycles. The van der Waals surface area contributed by atoms with Crippen LogP contribution in [0, 0.1) is 0 Å². The average molecular weight is 266 g/mol. The molecule has 0 amide bonds. The summed E-state index contributed by atoms with van der Waals surface area (Å²) in [6.07, 6.45) is -0.125. The maximum Gasteiger partial charge on any atom is 0.185 e. The highest BCUT2D eigenvalue weighted by Crippen LogP contribution is 2.30. The monoisotopic (exact) mass is 266 g/mol. The summed E-state index contributed by atoms with van der Waals surface area (Å²) in [5, 5.41) is 13.7. The first-order valence-corrected chi connectivity index (χ1v) is 6.69. The van der Waals surface area contributed by atoms with Crippen molar-refractivity contribution in [2.24, 2.45) is 0 Å². The summed E-state index contributed by atoms with van der Waals surface area (Å²) < 4.78 is 11.5. The van der Waals surface area contributed by atoms with E-state index in [9.17, 15) is 5.11 Å². The number of ether oxygens (including phenoxy) is 2. The molecule has 98 valence electrons. The molecule has 1 N–H and O–H groups in total. The summed E-state index contributed by atoms with van der Waals surface area (Å²) in [4.78, 5) is 0. The molecule has 18 heavy (non-hydrogen) atoms. The van der Waals surface area contributed by atoms with Gasteiger partial charge in [-0.3, -0.25) is 0 Å². The van der Waals surface area contributed by atoms with Gasteiger partial charge in [-0.15, -0.1) is 11.3 Å². The van der Waals surface area contributed by atoms with Gasteiger partial charge in [-0.2, -0.15) is 0 Å². The van der Waals surface area contributed by atoms with Crippen LogP contribution in [-0.2, 0) is 15.9 Å². The normalized spacial score (nSPS) is 15.2. The van der Waals surface area contributed by atoms with Crippen molar-refractivity contribution in [2.75, 3.05) is 14.2 Å². The Morgan fingerprint density at radius 1 is 1.28 bits per heavy atom. The maximum absolute atomic E-state index is 10.5. The summed E-state index contributed by atoms with van der Waals surface area (Å²) in [6.45, 7) is 1.73. The van der Waals surface area contributed by atoms with Gasteiger partial charge in [-0.05, 0) is 29.3 Å². The molecule has 0 spiro atoms. The molecule has 2 aromatic rings. The Hall–Kier alpha value is -0.940. The molecular formula is C14H18O3S. The molecule has 0 bridgehead atoms. The van der Waals surface area contributed by atoms with Gasteiger partial charge in [0.05, 0.1) is 0 Å². The molecule has 0 fully saturated rings. The van der Waals surface area contributed by atoms with Crippen molar-refractivity contribution in [1.29, 1.82) is 0 Å². The van der Waals surface area contributed by atoms with E-state index in [4.69, 9.17) is 9.47 Å². The Balaban J connectivity index is 2.28. The Kier molecular flexibility index (Phi) is 4.02. The summed E-state index contributed by atoms with van der Waals surface area (Å²) in [5.74, 6) is 0. The standard InChI is InChI=1S/C14H18O3S/c1-14(15,13(16-2)17-3)8-10-9-18-12-7-5-4-6-11(10)12/h4-7,9,13,15H,8H2,1-3H3. The molecule has 1 aromatic heterocycles. The molecule has 0 aliphatic rings. The smallest absolute Gasteiger partial charge is 0.185 e. The predicted octanol–water partition coefficient (Wildman–Crippen LogP) is 2.81. The predicted molar refractivity (Wildman–Crippen MR) is 74.0 cm³/mol. The van der Waals surface area contributed by atoms with Gasteiger partial charge in [-0.1, -0.05) is 18.2 Å². The fourth-order valence-electron chi connectivity index (χ4n) is 2.24. The third-order valence-electron chi connectivity index (χ3n) is 3.05. The van der Waals surface area contributed by atoms with Crippen molar-refractivity contribution >= 4 is 21.4 Å². The summed E-state index contributed by atoms with van der Waals surface area (Å²) in [6, 6.07) is 8.19. The SMILES string of the molecule is COC(OC)C(C)(O)Cc1csc2ccccc12. The van der Waals surface area contributed by atoms with Crippen LogP contribution in [0.25, 0.3) is 10.1 Å². The first-order chi connectivity index (χ1) is 8.58. The minimum absolute atomic E-state index is 0.503. The first kappa shape index (κ1) is 13.5. The number of thiophene rings is 1. The molecular weight excluding hydrogens is 248 g/mol. The highest BCUT2D eigenvalue weighted by atomic mass is 32.1. The van der Waals surface area contributed by atoms with Gasteiger partial charge in [0.1, 0.15) is 5.60 Å². The Bertz CT molecular complexity index is 514. The molecule has 1 aromatic carbocycles. The van der Waals surface area contributed by atoms with Crippen molar-refractivity contribution in [2.45, 2.75) is 25.2 Å². The highest BCUT2D eigenvalue weighted by Gasteiger charge is 2.33. The van der Waals surface area contributed by atoms with Gasteiger partial charge in [0, 0.05) is 25.3 Å². The Labute approximate surface area is 111 Å². The second-order valence-electron chi connectivity index (χ2n) is 4.59. The zero-order valence-electron chi connectivity index (χ0n) is 10.8. The molecule has 0 aliphatic heterocycles.